The van der Waals surface area contributed by atoms with Gasteiger partial charge in [-0.15, -0.1) is 0 Å². The summed E-state index contributed by atoms with van der Waals surface area (Å²) in [4.78, 5) is 4.85. The average molecular weight is 305 g/mol. The van der Waals surface area contributed by atoms with E-state index in [1.807, 2.05) is 11.8 Å². The van der Waals surface area contributed by atoms with Gasteiger partial charge in [-0.05, 0) is 37.8 Å². The lowest BCUT2D eigenvalue weighted by Gasteiger charge is -2.17. The van der Waals surface area contributed by atoms with Crippen LogP contribution in [-0.4, -0.2) is 33.6 Å². The van der Waals surface area contributed by atoms with E-state index in [9.17, 15) is 0 Å². The molecule has 116 valence electrons. The highest BCUT2D eigenvalue weighted by molar-refractivity contribution is 7.99. The van der Waals surface area contributed by atoms with Crippen molar-refractivity contribution in [1.82, 2.24) is 14.9 Å². The number of nitrogens with one attached hydrogen (secondary N) is 1. The lowest BCUT2D eigenvalue weighted by atomic mass is 10.2. The number of hydrogen-bond donors (Lipinski definition) is 1. The summed E-state index contributed by atoms with van der Waals surface area (Å²) in [5.41, 5.74) is 2.37. The Bertz CT molecular complexity index is 550. The van der Waals surface area contributed by atoms with Crippen LogP contribution in [0, 0.1) is 0 Å². The fourth-order valence-electron chi connectivity index (χ4n) is 2.70. The van der Waals surface area contributed by atoms with E-state index < -0.39 is 0 Å². The van der Waals surface area contributed by atoms with Crippen molar-refractivity contribution in [2.24, 2.45) is 0 Å². The SMILES string of the molecule is CCCSCC(Cc1nc2ccccc2n1CC)NCC. The molecule has 3 nitrogen and oxygen atoms in total. The maximum Gasteiger partial charge on any atom is 0.111 e. The molecule has 1 heterocycles. The first-order valence-corrected chi connectivity index (χ1v) is 9.20. The summed E-state index contributed by atoms with van der Waals surface area (Å²) in [6, 6.07) is 8.95. The van der Waals surface area contributed by atoms with E-state index in [1.54, 1.807) is 0 Å². The summed E-state index contributed by atoms with van der Waals surface area (Å²) in [5, 5.41) is 3.61. The monoisotopic (exact) mass is 305 g/mol. The van der Waals surface area contributed by atoms with E-state index in [2.05, 4.69) is 54.9 Å². The smallest absolute Gasteiger partial charge is 0.111 e. The lowest BCUT2D eigenvalue weighted by molar-refractivity contribution is 0.545. The number of rotatable bonds is 9. The van der Waals surface area contributed by atoms with Gasteiger partial charge in [0.1, 0.15) is 5.82 Å². The number of hydrogen-bond acceptors (Lipinski definition) is 3. The van der Waals surface area contributed by atoms with Crippen LogP contribution in [0.25, 0.3) is 11.0 Å². The zero-order valence-electron chi connectivity index (χ0n) is 13.4. The first kappa shape index (κ1) is 16.4. The first-order valence-electron chi connectivity index (χ1n) is 8.05. The third-order valence-electron chi connectivity index (χ3n) is 3.64. The minimum atomic E-state index is 0.508. The molecule has 0 spiro atoms. The maximum absolute atomic E-state index is 4.85. The Kier molecular flexibility index (Phi) is 6.58. The molecule has 4 heteroatoms. The van der Waals surface area contributed by atoms with Crippen molar-refractivity contribution in [2.75, 3.05) is 18.1 Å². The second-order valence-corrected chi connectivity index (χ2v) is 6.44. The van der Waals surface area contributed by atoms with Gasteiger partial charge in [0, 0.05) is 24.8 Å². The fraction of sp³-hybridized carbons (Fsp3) is 0.588. The Labute approximate surface area is 132 Å². The molecule has 2 rings (SSSR count). The molecule has 21 heavy (non-hydrogen) atoms. The number of imidazole rings is 1. The molecule has 0 saturated carbocycles. The highest BCUT2D eigenvalue weighted by Gasteiger charge is 2.15. The van der Waals surface area contributed by atoms with Crippen LogP contribution in [0.3, 0.4) is 0 Å². The Morgan fingerprint density at radius 3 is 2.76 bits per heavy atom. The molecule has 1 unspecified atom stereocenters. The molecule has 1 N–H and O–H groups in total. The molecule has 2 aromatic rings. The van der Waals surface area contributed by atoms with Crippen molar-refractivity contribution in [3.63, 3.8) is 0 Å². The second kappa shape index (κ2) is 8.44. The summed E-state index contributed by atoms with van der Waals surface area (Å²) in [5.74, 6) is 3.61. The number of benzene rings is 1. The molecule has 0 bridgehead atoms. The third-order valence-corrected chi connectivity index (χ3v) is 4.97. The number of nitrogens with zero attached hydrogens (tertiary/aromatic N) is 2. The van der Waals surface area contributed by atoms with E-state index >= 15 is 0 Å². The quantitative estimate of drug-likeness (QED) is 0.716. The number of aryl methyl sites for hydroxylation is 1. The molecule has 0 aliphatic heterocycles. The number of thioether (sulfide) groups is 1. The largest absolute Gasteiger partial charge is 0.328 e. The molecule has 0 fully saturated rings. The van der Waals surface area contributed by atoms with Crippen LogP contribution in [-0.2, 0) is 13.0 Å². The molecule has 0 radical (unpaired) electrons. The van der Waals surface area contributed by atoms with Crippen molar-refractivity contribution in [1.29, 1.82) is 0 Å². The van der Waals surface area contributed by atoms with Gasteiger partial charge in [-0.25, -0.2) is 4.98 Å². The van der Waals surface area contributed by atoms with Gasteiger partial charge in [0.2, 0.25) is 0 Å². The Balaban J connectivity index is 2.15. The minimum Gasteiger partial charge on any atom is -0.328 e. The summed E-state index contributed by atoms with van der Waals surface area (Å²) in [7, 11) is 0. The number of fused-ring (bicyclic) bond motifs is 1. The van der Waals surface area contributed by atoms with Crippen molar-refractivity contribution in [3.05, 3.63) is 30.1 Å². The van der Waals surface area contributed by atoms with Gasteiger partial charge in [0.25, 0.3) is 0 Å². The van der Waals surface area contributed by atoms with Crippen molar-refractivity contribution in [2.45, 2.75) is 46.2 Å². The van der Waals surface area contributed by atoms with Gasteiger partial charge < -0.3 is 9.88 Å². The summed E-state index contributed by atoms with van der Waals surface area (Å²) in [6.07, 6.45) is 2.25. The van der Waals surface area contributed by atoms with Crippen LogP contribution >= 0.6 is 11.8 Å². The molecular formula is C17H27N3S. The summed E-state index contributed by atoms with van der Waals surface area (Å²) < 4.78 is 2.35. The average Bonchev–Trinajstić information content (AvgIpc) is 2.84. The number of para-hydroxylation sites is 2. The van der Waals surface area contributed by atoms with Crippen LogP contribution in [0.5, 0.6) is 0 Å². The van der Waals surface area contributed by atoms with Crippen molar-refractivity contribution in [3.8, 4) is 0 Å². The molecule has 0 aliphatic rings. The second-order valence-electron chi connectivity index (χ2n) is 5.29. The molecular weight excluding hydrogens is 278 g/mol. The van der Waals surface area contributed by atoms with E-state index in [0.29, 0.717) is 6.04 Å². The summed E-state index contributed by atoms with van der Waals surface area (Å²) in [6.45, 7) is 8.62. The standard InChI is InChI=1S/C17H27N3S/c1-4-11-21-13-14(18-5-2)12-17-19-15-9-7-8-10-16(15)20(17)6-3/h7-10,14,18H,4-6,11-13H2,1-3H3. The van der Waals surface area contributed by atoms with Gasteiger partial charge in [-0.2, -0.15) is 11.8 Å². The normalized spacial score (nSPS) is 12.9. The summed E-state index contributed by atoms with van der Waals surface area (Å²) >= 11 is 2.04. The maximum atomic E-state index is 4.85. The molecule has 1 aromatic carbocycles. The van der Waals surface area contributed by atoms with Crippen LogP contribution in [0.15, 0.2) is 24.3 Å². The van der Waals surface area contributed by atoms with E-state index in [1.165, 1.54) is 23.5 Å². The zero-order chi connectivity index (χ0) is 15.1. The molecule has 0 amide bonds. The predicted molar refractivity (Wildman–Crippen MR) is 94.2 cm³/mol. The number of aromatic nitrogens is 2. The van der Waals surface area contributed by atoms with E-state index in [-0.39, 0.29) is 0 Å². The van der Waals surface area contributed by atoms with Crippen LogP contribution in [0.1, 0.15) is 33.0 Å². The molecule has 1 aromatic heterocycles. The van der Waals surface area contributed by atoms with Crippen molar-refractivity contribution >= 4 is 22.8 Å². The number of likely N-dealkylation sites (N-methyl/N-ethyl adjacent to an activating group) is 1. The predicted octanol–water partition coefficient (Wildman–Crippen LogP) is 3.72. The van der Waals surface area contributed by atoms with Crippen LogP contribution in [0.2, 0.25) is 0 Å². The Morgan fingerprint density at radius 1 is 1.24 bits per heavy atom. The van der Waals surface area contributed by atoms with Crippen LogP contribution in [0.4, 0.5) is 0 Å². The van der Waals surface area contributed by atoms with E-state index in [0.717, 1.165) is 30.8 Å². The van der Waals surface area contributed by atoms with Gasteiger partial charge in [0.15, 0.2) is 0 Å². The molecule has 0 aliphatic carbocycles. The van der Waals surface area contributed by atoms with Gasteiger partial charge in [-0.3, -0.25) is 0 Å². The van der Waals surface area contributed by atoms with Crippen molar-refractivity contribution < 1.29 is 0 Å². The minimum absolute atomic E-state index is 0.508. The first-order chi connectivity index (χ1) is 10.3. The van der Waals surface area contributed by atoms with Gasteiger partial charge >= 0.3 is 0 Å². The van der Waals surface area contributed by atoms with Crippen LogP contribution < -0.4 is 5.32 Å². The Hall–Kier alpha value is -1.00. The molecule has 1 atom stereocenters. The topological polar surface area (TPSA) is 29.9 Å². The Morgan fingerprint density at radius 2 is 2.05 bits per heavy atom. The molecule has 0 saturated heterocycles. The zero-order valence-corrected chi connectivity index (χ0v) is 14.2. The van der Waals surface area contributed by atoms with Gasteiger partial charge in [-0.1, -0.05) is 26.0 Å². The third kappa shape index (κ3) is 4.24. The fourth-order valence-corrected chi connectivity index (χ4v) is 3.68. The highest BCUT2D eigenvalue weighted by atomic mass is 32.2. The highest BCUT2D eigenvalue weighted by Crippen LogP contribution is 2.18. The van der Waals surface area contributed by atoms with E-state index in [4.69, 9.17) is 4.98 Å². The van der Waals surface area contributed by atoms with Gasteiger partial charge in [0.05, 0.1) is 11.0 Å². The lowest BCUT2D eigenvalue weighted by Crippen LogP contribution is -2.34.